The quantitative estimate of drug-likeness (QED) is 0.526. The van der Waals surface area contributed by atoms with Gasteiger partial charge in [0.25, 0.3) is 0 Å². The van der Waals surface area contributed by atoms with Crippen LogP contribution in [0.3, 0.4) is 0 Å². The Morgan fingerprint density at radius 3 is 2.84 bits per heavy atom. The SMILES string of the molecule is C#CCCN(CCCC)c1ccc2c(c1)C(CCNC(=O)Cc1ccccc1)CCO2. The van der Waals surface area contributed by atoms with Gasteiger partial charge in [0, 0.05) is 31.7 Å². The first-order valence-corrected chi connectivity index (χ1v) is 11.5. The van der Waals surface area contributed by atoms with Crippen molar-refractivity contribution >= 4 is 11.6 Å². The van der Waals surface area contributed by atoms with Crippen LogP contribution in [0.15, 0.2) is 48.5 Å². The largest absolute Gasteiger partial charge is 0.493 e. The molecule has 1 aliphatic rings. The first kappa shape index (κ1) is 22.7. The molecule has 1 heterocycles. The van der Waals surface area contributed by atoms with E-state index >= 15 is 0 Å². The summed E-state index contributed by atoms with van der Waals surface area (Å²) in [5.74, 6) is 4.21. The molecule has 31 heavy (non-hydrogen) atoms. The van der Waals surface area contributed by atoms with Crippen molar-refractivity contribution < 1.29 is 9.53 Å². The number of nitrogens with zero attached hydrogens (tertiary/aromatic N) is 1. The summed E-state index contributed by atoms with van der Waals surface area (Å²) < 4.78 is 5.92. The van der Waals surface area contributed by atoms with Crippen molar-refractivity contribution in [3.05, 3.63) is 59.7 Å². The Bertz CT molecular complexity index is 873. The lowest BCUT2D eigenvalue weighted by atomic mass is 9.89. The van der Waals surface area contributed by atoms with Gasteiger partial charge in [-0.15, -0.1) is 12.3 Å². The number of anilines is 1. The molecular formula is C27H34N2O2. The molecule has 0 fully saturated rings. The van der Waals surface area contributed by atoms with E-state index in [1.165, 1.54) is 11.3 Å². The number of hydrogen-bond acceptors (Lipinski definition) is 3. The molecule has 0 aromatic heterocycles. The van der Waals surface area contributed by atoms with Gasteiger partial charge in [0.15, 0.2) is 0 Å². The van der Waals surface area contributed by atoms with E-state index in [-0.39, 0.29) is 5.91 Å². The van der Waals surface area contributed by atoms with Crippen molar-refractivity contribution in [3.8, 4) is 18.1 Å². The summed E-state index contributed by atoms with van der Waals surface area (Å²) in [6.45, 7) is 5.50. The second-order valence-corrected chi connectivity index (χ2v) is 8.15. The number of fused-ring (bicyclic) bond motifs is 1. The summed E-state index contributed by atoms with van der Waals surface area (Å²) in [6, 6.07) is 16.4. The molecule has 1 N–H and O–H groups in total. The van der Waals surface area contributed by atoms with Gasteiger partial charge < -0.3 is 15.0 Å². The summed E-state index contributed by atoms with van der Waals surface area (Å²) in [5.41, 5.74) is 3.51. The number of ether oxygens (including phenoxy) is 1. The predicted octanol–water partition coefficient (Wildman–Crippen LogP) is 4.93. The molecule has 2 aromatic rings. The van der Waals surface area contributed by atoms with Gasteiger partial charge in [-0.2, -0.15) is 0 Å². The number of hydrogen-bond donors (Lipinski definition) is 1. The zero-order valence-corrected chi connectivity index (χ0v) is 18.6. The minimum atomic E-state index is 0.0762. The number of nitrogens with one attached hydrogen (secondary N) is 1. The molecule has 4 heteroatoms. The lowest BCUT2D eigenvalue weighted by molar-refractivity contribution is -0.120. The molecule has 0 radical (unpaired) electrons. The molecule has 3 rings (SSSR count). The lowest BCUT2D eigenvalue weighted by Gasteiger charge is -2.30. The normalized spacial score (nSPS) is 14.8. The fourth-order valence-corrected chi connectivity index (χ4v) is 4.10. The highest BCUT2D eigenvalue weighted by atomic mass is 16.5. The van der Waals surface area contributed by atoms with Crippen LogP contribution in [-0.4, -0.2) is 32.1 Å². The van der Waals surface area contributed by atoms with Crippen molar-refractivity contribution in [2.75, 3.05) is 31.1 Å². The second-order valence-electron chi connectivity index (χ2n) is 8.15. The van der Waals surface area contributed by atoms with Gasteiger partial charge in [-0.3, -0.25) is 4.79 Å². The number of amides is 1. The molecular weight excluding hydrogens is 384 g/mol. The minimum Gasteiger partial charge on any atom is -0.493 e. The maximum atomic E-state index is 12.3. The number of unbranched alkanes of at least 4 members (excludes halogenated alkanes) is 1. The van der Waals surface area contributed by atoms with Crippen molar-refractivity contribution in [3.63, 3.8) is 0 Å². The zero-order chi connectivity index (χ0) is 21.9. The monoisotopic (exact) mass is 418 g/mol. The Morgan fingerprint density at radius 1 is 1.23 bits per heavy atom. The van der Waals surface area contributed by atoms with Crippen LogP contribution in [0.25, 0.3) is 0 Å². The third-order valence-corrected chi connectivity index (χ3v) is 5.85. The molecule has 1 unspecified atom stereocenters. The van der Waals surface area contributed by atoms with E-state index in [1.54, 1.807) is 0 Å². The van der Waals surface area contributed by atoms with Gasteiger partial charge in [-0.05, 0) is 54.5 Å². The van der Waals surface area contributed by atoms with E-state index in [4.69, 9.17) is 11.2 Å². The molecule has 0 bridgehead atoms. The first-order chi connectivity index (χ1) is 15.2. The minimum absolute atomic E-state index is 0.0762. The van der Waals surface area contributed by atoms with Crippen LogP contribution in [-0.2, 0) is 11.2 Å². The van der Waals surface area contributed by atoms with Crippen molar-refractivity contribution in [2.45, 2.75) is 51.4 Å². The summed E-state index contributed by atoms with van der Waals surface area (Å²) in [4.78, 5) is 14.7. The molecule has 0 saturated carbocycles. The number of benzene rings is 2. The first-order valence-electron chi connectivity index (χ1n) is 11.5. The van der Waals surface area contributed by atoms with Crippen molar-refractivity contribution in [1.29, 1.82) is 0 Å². The highest BCUT2D eigenvalue weighted by molar-refractivity contribution is 5.78. The van der Waals surface area contributed by atoms with Gasteiger partial charge in [0.05, 0.1) is 13.0 Å². The molecule has 0 spiro atoms. The van der Waals surface area contributed by atoms with Gasteiger partial charge in [-0.25, -0.2) is 0 Å². The van der Waals surface area contributed by atoms with Crippen LogP contribution < -0.4 is 15.0 Å². The van der Waals surface area contributed by atoms with E-state index in [2.05, 4.69) is 41.3 Å². The van der Waals surface area contributed by atoms with Crippen LogP contribution in [0, 0.1) is 12.3 Å². The molecule has 0 saturated heterocycles. The number of carbonyl (C=O) groups excluding carboxylic acids is 1. The van der Waals surface area contributed by atoms with Crippen molar-refractivity contribution in [2.24, 2.45) is 0 Å². The Balaban J connectivity index is 1.61. The number of rotatable bonds is 11. The second kappa shape index (κ2) is 12.1. The van der Waals surface area contributed by atoms with Crippen LogP contribution in [0.4, 0.5) is 5.69 Å². The lowest BCUT2D eigenvalue weighted by Crippen LogP contribution is -2.28. The summed E-state index contributed by atoms with van der Waals surface area (Å²) in [5, 5.41) is 3.09. The maximum Gasteiger partial charge on any atom is 0.224 e. The third kappa shape index (κ3) is 6.79. The van der Waals surface area contributed by atoms with E-state index in [1.807, 2.05) is 30.3 Å². The van der Waals surface area contributed by atoms with Gasteiger partial charge in [0.1, 0.15) is 5.75 Å². The van der Waals surface area contributed by atoms with E-state index in [0.29, 0.717) is 18.9 Å². The fourth-order valence-electron chi connectivity index (χ4n) is 4.10. The van der Waals surface area contributed by atoms with Crippen LogP contribution in [0.5, 0.6) is 5.75 Å². The van der Waals surface area contributed by atoms with Crippen LogP contribution in [0.2, 0.25) is 0 Å². The summed E-state index contributed by atoms with van der Waals surface area (Å²) in [7, 11) is 0. The van der Waals surface area contributed by atoms with E-state index in [0.717, 1.165) is 63.1 Å². The Hall–Kier alpha value is -2.93. The fraction of sp³-hybridized carbons (Fsp3) is 0.444. The highest BCUT2D eigenvalue weighted by Crippen LogP contribution is 2.38. The van der Waals surface area contributed by atoms with Crippen molar-refractivity contribution in [1.82, 2.24) is 5.32 Å². The molecule has 0 aliphatic carbocycles. The van der Waals surface area contributed by atoms with Gasteiger partial charge in [-0.1, -0.05) is 43.7 Å². The van der Waals surface area contributed by atoms with Gasteiger partial charge >= 0.3 is 0 Å². The van der Waals surface area contributed by atoms with Gasteiger partial charge in [0.2, 0.25) is 5.91 Å². The Labute approximate surface area is 187 Å². The topological polar surface area (TPSA) is 41.6 Å². The average molecular weight is 419 g/mol. The standard InChI is InChI=1S/C27H34N2O2/c1-3-5-17-29(18-6-4-2)24-12-13-26-25(21-24)23(15-19-31-26)14-16-28-27(30)20-22-10-8-7-9-11-22/h1,7-13,21,23H,4-6,14-20H2,2H3,(H,28,30). The number of terminal acetylenes is 1. The predicted molar refractivity (Wildman–Crippen MR) is 128 cm³/mol. The highest BCUT2D eigenvalue weighted by Gasteiger charge is 2.23. The van der Waals surface area contributed by atoms with E-state index < -0.39 is 0 Å². The zero-order valence-electron chi connectivity index (χ0n) is 18.6. The summed E-state index contributed by atoms with van der Waals surface area (Å²) >= 11 is 0. The molecule has 1 atom stereocenters. The molecule has 2 aromatic carbocycles. The average Bonchev–Trinajstić information content (AvgIpc) is 2.80. The maximum absolute atomic E-state index is 12.3. The molecule has 1 amide bonds. The van der Waals surface area contributed by atoms with E-state index in [9.17, 15) is 4.79 Å². The Kier molecular flexibility index (Phi) is 8.84. The third-order valence-electron chi connectivity index (χ3n) is 5.85. The Morgan fingerprint density at radius 2 is 2.06 bits per heavy atom. The smallest absolute Gasteiger partial charge is 0.224 e. The molecule has 164 valence electrons. The molecule has 4 nitrogen and oxygen atoms in total. The van der Waals surface area contributed by atoms with Crippen LogP contribution in [0.1, 0.15) is 56.1 Å². The number of carbonyl (C=O) groups is 1. The molecule has 1 aliphatic heterocycles. The summed E-state index contributed by atoms with van der Waals surface area (Å²) in [6.07, 6.45) is 10.9. The van der Waals surface area contributed by atoms with Crippen LogP contribution >= 0.6 is 0 Å².